The summed E-state index contributed by atoms with van der Waals surface area (Å²) in [6.45, 7) is 6.82. The summed E-state index contributed by atoms with van der Waals surface area (Å²) in [5, 5.41) is 10.7. The fourth-order valence-corrected chi connectivity index (χ4v) is 4.03. The smallest absolute Gasteiger partial charge is 0.322 e. The Hall–Kier alpha value is -3.13. The Morgan fingerprint density at radius 3 is 2.41 bits per heavy atom. The summed E-state index contributed by atoms with van der Waals surface area (Å²) in [5.41, 5.74) is 2.52. The molecule has 1 fully saturated rings. The lowest BCUT2D eigenvalue weighted by atomic mass is 9.87. The van der Waals surface area contributed by atoms with Crippen LogP contribution in [0.5, 0.6) is 0 Å². The van der Waals surface area contributed by atoms with Crippen molar-refractivity contribution in [1.29, 1.82) is 0 Å². The fourth-order valence-electron chi connectivity index (χ4n) is 3.63. The third-order valence-electron chi connectivity index (χ3n) is 5.53. The zero-order valence-electron chi connectivity index (χ0n) is 18.6. The molecule has 7 nitrogen and oxygen atoms in total. The zero-order chi connectivity index (χ0) is 22.9. The molecule has 2 aromatic carbocycles. The maximum Gasteiger partial charge on any atom is 0.322 e. The van der Waals surface area contributed by atoms with Gasteiger partial charge < -0.3 is 9.32 Å². The highest BCUT2D eigenvalue weighted by molar-refractivity contribution is 7.98. The van der Waals surface area contributed by atoms with Gasteiger partial charge in [0.15, 0.2) is 0 Å². The number of thioether (sulfide) groups is 1. The van der Waals surface area contributed by atoms with E-state index in [4.69, 9.17) is 4.42 Å². The molecule has 1 aliphatic rings. The van der Waals surface area contributed by atoms with E-state index in [9.17, 15) is 9.59 Å². The number of nitrogens with zero attached hydrogens (tertiary/aromatic N) is 3. The molecular formula is C24H26N4O3S. The van der Waals surface area contributed by atoms with E-state index in [1.54, 1.807) is 28.8 Å². The van der Waals surface area contributed by atoms with Crippen molar-refractivity contribution in [2.24, 2.45) is 0 Å². The number of nitrogens with one attached hydrogen (secondary N) is 1. The van der Waals surface area contributed by atoms with Crippen LogP contribution in [-0.4, -0.2) is 34.8 Å². The van der Waals surface area contributed by atoms with Gasteiger partial charge in [0, 0.05) is 29.1 Å². The van der Waals surface area contributed by atoms with E-state index in [0.29, 0.717) is 18.0 Å². The molecule has 0 spiro atoms. The summed E-state index contributed by atoms with van der Waals surface area (Å²) in [6, 6.07) is 15.3. The Morgan fingerprint density at radius 2 is 1.78 bits per heavy atom. The molecule has 0 saturated carbocycles. The van der Waals surface area contributed by atoms with Crippen LogP contribution in [0.15, 0.2) is 57.8 Å². The van der Waals surface area contributed by atoms with E-state index in [1.165, 1.54) is 0 Å². The minimum atomic E-state index is -0.321. The summed E-state index contributed by atoms with van der Waals surface area (Å²) >= 11 is 1.65. The second kappa shape index (κ2) is 8.78. The predicted octanol–water partition coefficient (Wildman–Crippen LogP) is 4.86. The Bertz CT molecular complexity index is 1120. The Kier molecular flexibility index (Phi) is 6.06. The van der Waals surface area contributed by atoms with Gasteiger partial charge in [0.1, 0.15) is 0 Å². The highest BCUT2D eigenvalue weighted by Gasteiger charge is 2.35. The number of hydrogen-bond acceptors (Lipinski definition) is 6. The lowest BCUT2D eigenvalue weighted by molar-refractivity contribution is -0.117. The first-order chi connectivity index (χ1) is 15.2. The van der Waals surface area contributed by atoms with Crippen molar-refractivity contribution < 1.29 is 14.0 Å². The maximum atomic E-state index is 12.5. The van der Waals surface area contributed by atoms with Crippen molar-refractivity contribution in [3.05, 3.63) is 65.5 Å². The van der Waals surface area contributed by atoms with Gasteiger partial charge in [-0.15, -0.1) is 16.9 Å². The van der Waals surface area contributed by atoms with Crippen LogP contribution in [0.2, 0.25) is 0 Å². The van der Waals surface area contributed by atoms with Gasteiger partial charge in [-0.2, -0.15) is 0 Å². The van der Waals surface area contributed by atoms with Gasteiger partial charge in [-0.05, 0) is 53.6 Å². The maximum absolute atomic E-state index is 12.5. The normalized spacial score (nSPS) is 16.4. The van der Waals surface area contributed by atoms with E-state index in [0.717, 1.165) is 16.1 Å². The van der Waals surface area contributed by atoms with Crippen molar-refractivity contribution in [2.45, 2.75) is 43.4 Å². The van der Waals surface area contributed by atoms with E-state index in [-0.39, 0.29) is 35.6 Å². The molecule has 2 heterocycles. The Balaban J connectivity index is 1.41. The van der Waals surface area contributed by atoms with Gasteiger partial charge >= 0.3 is 6.01 Å². The Labute approximate surface area is 191 Å². The van der Waals surface area contributed by atoms with E-state index in [1.807, 2.05) is 42.7 Å². The predicted molar refractivity (Wildman–Crippen MR) is 125 cm³/mol. The number of amides is 2. The van der Waals surface area contributed by atoms with Gasteiger partial charge in [-0.3, -0.25) is 14.9 Å². The van der Waals surface area contributed by atoms with Crippen LogP contribution >= 0.6 is 11.8 Å². The molecule has 4 rings (SSSR count). The van der Waals surface area contributed by atoms with Crippen molar-refractivity contribution in [1.82, 2.24) is 10.2 Å². The van der Waals surface area contributed by atoms with Gasteiger partial charge in [-0.1, -0.05) is 38.0 Å². The molecule has 8 heteroatoms. The molecule has 3 aromatic rings. The quantitative estimate of drug-likeness (QED) is 0.559. The van der Waals surface area contributed by atoms with Crippen LogP contribution in [0, 0.1) is 0 Å². The highest BCUT2D eigenvalue weighted by atomic mass is 32.2. The molecule has 1 saturated heterocycles. The average molecular weight is 451 g/mol. The van der Waals surface area contributed by atoms with Crippen LogP contribution in [0.4, 0.5) is 11.7 Å². The van der Waals surface area contributed by atoms with E-state index >= 15 is 0 Å². The number of hydrogen-bond donors (Lipinski definition) is 1. The van der Waals surface area contributed by atoms with Crippen LogP contribution in [0.3, 0.4) is 0 Å². The largest absolute Gasteiger partial charge is 0.407 e. The van der Waals surface area contributed by atoms with Crippen LogP contribution in [0.25, 0.3) is 0 Å². The third kappa shape index (κ3) is 4.70. The molecule has 0 bridgehead atoms. The van der Waals surface area contributed by atoms with Crippen LogP contribution in [0.1, 0.15) is 54.9 Å². The van der Waals surface area contributed by atoms with Crippen molar-refractivity contribution in [2.75, 3.05) is 23.0 Å². The molecule has 32 heavy (non-hydrogen) atoms. The molecule has 0 radical (unpaired) electrons. The summed E-state index contributed by atoms with van der Waals surface area (Å²) in [5.74, 6) is -0.180. The minimum Gasteiger partial charge on any atom is -0.407 e. The van der Waals surface area contributed by atoms with Crippen LogP contribution < -0.4 is 10.2 Å². The lowest BCUT2D eigenvalue weighted by Crippen LogP contribution is -2.24. The first kappa shape index (κ1) is 22.1. The molecule has 1 N–H and O–H groups in total. The monoisotopic (exact) mass is 450 g/mol. The van der Waals surface area contributed by atoms with Gasteiger partial charge in [0.2, 0.25) is 11.8 Å². The second-order valence-corrected chi connectivity index (χ2v) is 9.71. The molecule has 2 amide bonds. The first-order valence-electron chi connectivity index (χ1n) is 10.4. The van der Waals surface area contributed by atoms with Crippen molar-refractivity contribution >= 4 is 35.3 Å². The lowest BCUT2D eigenvalue weighted by Gasteiger charge is -2.18. The molecule has 166 valence electrons. The molecule has 1 aromatic heterocycles. The summed E-state index contributed by atoms with van der Waals surface area (Å²) in [6.07, 6.45) is 2.30. The molecular weight excluding hydrogens is 424 g/mol. The van der Waals surface area contributed by atoms with Gasteiger partial charge in [0.05, 0.1) is 5.92 Å². The topological polar surface area (TPSA) is 88.3 Å². The number of rotatable bonds is 5. The number of anilines is 2. The van der Waals surface area contributed by atoms with Crippen LogP contribution in [-0.2, 0) is 10.2 Å². The summed E-state index contributed by atoms with van der Waals surface area (Å²) in [4.78, 5) is 28.0. The number of benzene rings is 2. The van der Waals surface area contributed by atoms with E-state index in [2.05, 4.69) is 36.3 Å². The molecule has 1 atom stereocenters. The number of aromatic nitrogens is 2. The first-order valence-corrected chi connectivity index (χ1v) is 11.7. The minimum absolute atomic E-state index is 0.00891. The number of carbonyl (C=O) groups excluding carboxylic acids is 2. The van der Waals surface area contributed by atoms with Crippen molar-refractivity contribution in [3.8, 4) is 0 Å². The standard InChI is InChI=1S/C24H26N4O3S/c1-24(2,3)17-7-5-15(6-8-17)21(30)25-23-27-26-22(31-23)16-13-20(29)28(14-16)18-9-11-19(32-4)12-10-18/h5-12,16H,13-14H2,1-4H3,(H,25,27,30)/t16-/m0/s1. The van der Waals surface area contributed by atoms with Gasteiger partial charge in [0.25, 0.3) is 5.91 Å². The molecule has 1 aliphatic heterocycles. The average Bonchev–Trinajstić information content (AvgIpc) is 3.40. The molecule has 0 aliphatic carbocycles. The summed E-state index contributed by atoms with van der Waals surface area (Å²) in [7, 11) is 0. The van der Waals surface area contributed by atoms with Gasteiger partial charge in [-0.25, -0.2) is 0 Å². The second-order valence-electron chi connectivity index (χ2n) is 8.83. The highest BCUT2D eigenvalue weighted by Crippen LogP contribution is 2.32. The zero-order valence-corrected chi connectivity index (χ0v) is 19.4. The fraction of sp³-hybridized carbons (Fsp3) is 0.333. The summed E-state index contributed by atoms with van der Waals surface area (Å²) < 4.78 is 5.67. The Morgan fingerprint density at radius 1 is 1.09 bits per heavy atom. The van der Waals surface area contributed by atoms with Crippen molar-refractivity contribution in [3.63, 3.8) is 0 Å². The van der Waals surface area contributed by atoms with E-state index < -0.39 is 0 Å². The third-order valence-corrected chi connectivity index (χ3v) is 6.28. The number of carbonyl (C=O) groups is 2. The molecule has 0 unspecified atom stereocenters. The SMILES string of the molecule is CSc1ccc(N2C[C@@H](c3nnc(NC(=O)c4ccc(C(C)(C)C)cc4)o3)CC2=O)cc1.